The van der Waals surface area contributed by atoms with Crippen LogP contribution in [0, 0.1) is 0 Å². The Hall–Kier alpha value is -3.89. The Morgan fingerprint density at radius 1 is 0.914 bits per heavy atom. The minimum atomic E-state index is -3.78. The van der Waals surface area contributed by atoms with E-state index in [9.17, 15) is 13.2 Å². The number of sulfonamides is 1. The topological polar surface area (TPSA) is 106 Å². The first-order valence-corrected chi connectivity index (χ1v) is 12.5. The maximum atomic E-state index is 12.7. The molecule has 8 nitrogen and oxygen atoms in total. The van der Waals surface area contributed by atoms with Gasteiger partial charge in [-0.15, -0.1) is 0 Å². The van der Waals surface area contributed by atoms with Crippen LogP contribution in [0.25, 0.3) is 6.08 Å². The third kappa shape index (κ3) is 7.83. The molecule has 182 valence electrons. The van der Waals surface area contributed by atoms with Crippen LogP contribution in [0.1, 0.15) is 12.5 Å². The predicted octanol–water partition coefficient (Wildman–Crippen LogP) is 4.42. The predicted molar refractivity (Wildman–Crippen MR) is 141 cm³/mol. The normalized spacial score (nSPS) is 11.0. The van der Waals surface area contributed by atoms with E-state index in [0.717, 1.165) is 11.3 Å². The van der Waals surface area contributed by atoms with Crippen LogP contribution < -0.4 is 24.8 Å². The van der Waals surface area contributed by atoms with Gasteiger partial charge in [0.05, 0.1) is 18.6 Å². The minimum Gasteiger partial charge on any atom is -0.497 e. The van der Waals surface area contributed by atoms with Crippen LogP contribution in [0.2, 0.25) is 0 Å². The van der Waals surface area contributed by atoms with Crippen LogP contribution >= 0.6 is 12.2 Å². The van der Waals surface area contributed by atoms with Gasteiger partial charge in [-0.3, -0.25) is 14.8 Å². The van der Waals surface area contributed by atoms with E-state index in [2.05, 4.69) is 15.4 Å². The lowest BCUT2D eigenvalue weighted by atomic mass is 10.2. The number of benzene rings is 3. The smallest absolute Gasteiger partial charge is 0.261 e. The third-order valence-electron chi connectivity index (χ3n) is 4.62. The summed E-state index contributed by atoms with van der Waals surface area (Å²) in [5.41, 5.74) is 1.77. The number of amides is 1. The fourth-order valence-electron chi connectivity index (χ4n) is 2.92. The van der Waals surface area contributed by atoms with Crippen molar-refractivity contribution in [3.8, 4) is 11.5 Å². The third-order valence-corrected chi connectivity index (χ3v) is 6.22. The maximum Gasteiger partial charge on any atom is 0.261 e. The Kier molecular flexibility index (Phi) is 8.82. The zero-order chi connectivity index (χ0) is 25.3. The molecular weight excluding hydrogens is 486 g/mol. The first-order chi connectivity index (χ1) is 16.8. The Labute approximate surface area is 210 Å². The SMILES string of the molecule is CCOc1ccc(NS(=O)(=O)c2ccc(NC(=S)NC(=O)C=Cc3ccc(OC)cc3)cc2)cc1. The largest absolute Gasteiger partial charge is 0.497 e. The number of hydrogen-bond donors (Lipinski definition) is 3. The van der Waals surface area contributed by atoms with Crippen LogP contribution in [-0.2, 0) is 14.8 Å². The van der Waals surface area contributed by atoms with Gasteiger partial charge in [0.2, 0.25) is 5.91 Å². The zero-order valence-corrected chi connectivity index (χ0v) is 20.8. The molecule has 35 heavy (non-hydrogen) atoms. The van der Waals surface area contributed by atoms with E-state index in [1.165, 1.54) is 18.2 Å². The van der Waals surface area contributed by atoms with E-state index in [1.807, 2.05) is 19.1 Å². The summed E-state index contributed by atoms with van der Waals surface area (Å²) in [7, 11) is -2.20. The van der Waals surface area contributed by atoms with E-state index in [-0.39, 0.29) is 10.0 Å². The van der Waals surface area contributed by atoms with Crippen LogP contribution in [0.15, 0.2) is 83.8 Å². The fourth-order valence-corrected chi connectivity index (χ4v) is 4.20. The van der Waals surface area contributed by atoms with E-state index < -0.39 is 15.9 Å². The lowest BCUT2D eigenvalue weighted by Gasteiger charge is -2.11. The molecule has 0 atom stereocenters. The molecule has 3 aromatic carbocycles. The van der Waals surface area contributed by atoms with Crippen LogP contribution in [-0.4, -0.2) is 33.2 Å². The number of thiocarbonyl (C=S) groups is 1. The second kappa shape index (κ2) is 12.0. The van der Waals surface area contributed by atoms with Gasteiger partial charge in [0.25, 0.3) is 10.0 Å². The van der Waals surface area contributed by atoms with Gasteiger partial charge in [0, 0.05) is 17.5 Å². The van der Waals surface area contributed by atoms with Crippen molar-refractivity contribution in [2.24, 2.45) is 0 Å². The molecule has 0 radical (unpaired) electrons. The number of carbonyl (C=O) groups is 1. The molecule has 0 fully saturated rings. The Bertz CT molecular complexity index is 1290. The maximum absolute atomic E-state index is 12.7. The van der Waals surface area contributed by atoms with Gasteiger partial charge in [-0.2, -0.15) is 0 Å². The average Bonchev–Trinajstić information content (AvgIpc) is 2.84. The van der Waals surface area contributed by atoms with Gasteiger partial charge in [-0.1, -0.05) is 12.1 Å². The number of rotatable bonds is 9. The van der Waals surface area contributed by atoms with Crippen molar-refractivity contribution < 1.29 is 22.7 Å². The second-order valence-corrected chi connectivity index (χ2v) is 9.23. The van der Waals surface area contributed by atoms with Crippen LogP contribution in [0.5, 0.6) is 11.5 Å². The molecule has 0 aliphatic heterocycles. The molecule has 3 N–H and O–H groups in total. The van der Waals surface area contributed by atoms with Crippen molar-refractivity contribution in [1.29, 1.82) is 0 Å². The van der Waals surface area contributed by atoms with E-state index >= 15 is 0 Å². The molecule has 0 spiro atoms. The highest BCUT2D eigenvalue weighted by atomic mass is 32.2. The Morgan fingerprint density at radius 3 is 2.11 bits per heavy atom. The summed E-state index contributed by atoms with van der Waals surface area (Å²) in [4.78, 5) is 12.2. The highest BCUT2D eigenvalue weighted by Crippen LogP contribution is 2.21. The summed E-state index contributed by atoms with van der Waals surface area (Å²) in [6.07, 6.45) is 3.01. The van der Waals surface area contributed by atoms with Gasteiger partial charge < -0.3 is 14.8 Å². The van der Waals surface area contributed by atoms with Gasteiger partial charge in [0.1, 0.15) is 11.5 Å². The standard InChI is InChI=1S/C25H25N3O5S2/c1-3-33-22-13-7-20(8-14-22)28-35(30,31)23-15-9-19(10-16-23)26-25(34)27-24(29)17-6-18-4-11-21(32-2)12-5-18/h4-17,28H,3H2,1-2H3,(H2,26,27,29,34). The quantitative estimate of drug-likeness (QED) is 0.288. The summed E-state index contributed by atoms with van der Waals surface area (Å²) >= 11 is 5.16. The molecule has 0 aromatic heterocycles. The first-order valence-electron chi connectivity index (χ1n) is 10.6. The van der Waals surface area contributed by atoms with Gasteiger partial charge in [0.15, 0.2) is 5.11 Å². The number of anilines is 2. The monoisotopic (exact) mass is 511 g/mol. The Balaban J connectivity index is 1.54. The average molecular weight is 512 g/mol. The summed E-state index contributed by atoms with van der Waals surface area (Å²) < 4.78 is 38.3. The summed E-state index contributed by atoms with van der Waals surface area (Å²) in [5.74, 6) is 0.977. The molecule has 10 heteroatoms. The van der Waals surface area contributed by atoms with Crippen LogP contribution in [0.3, 0.4) is 0 Å². The van der Waals surface area contributed by atoms with Crippen molar-refractivity contribution in [3.63, 3.8) is 0 Å². The van der Waals surface area contributed by atoms with Crippen molar-refractivity contribution >= 4 is 50.7 Å². The minimum absolute atomic E-state index is 0.0781. The molecular formula is C25H25N3O5S2. The van der Waals surface area contributed by atoms with Crippen molar-refractivity contribution in [1.82, 2.24) is 5.32 Å². The number of hydrogen-bond acceptors (Lipinski definition) is 6. The lowest BCUT2D eigenvalue weighted by Crippen LogP contribution is -2.32. The van der Waals surface area contributed by atoms with E-state index in [0.29, 0.717) is 23.7 Å². The van der Waals surface area contributed by atoms with Gasteiger partial charge in [-0.05, 0) is 91.4 Å². The molecule has 0 bridgehead atoms. The van der Waals surface area contributed by atoms with Gasteiger partial charge in [-0.25, -0.2) is 8.42 Å². The van der Waals surface area contributed by atoms with E-state index in [4.69, 9.17) is 21.7 Å². The fraction of sp³-hybridized carbons (Fsp3) is 0.120. The first kappa shape index (κ1) is 25.7. The molecule has 3 rings (SSSR count). The van der Waals surface area contributed by atoms with Crippen molar-refractivity contribution in [3.05, 3.63) is 84.4 Å². The summed E-state index contributed by atoms with van der Waals surface area (Å²) in [5, 5.41) is 5.47. The van der Waals surface area contributed by atoms with Crippen molar-refractivity contribution in [2.75, 3.05) is 23.8 Å². The van der Waals surface area contributed by atoms with Gasteiger partial charge >= 0.3 is 0 Å². The van der Waals surface area contributed by atoms with E-state index in [1.54, 1.807) is 61.7 Å². The Morgan fingerprint density at radius 2 is 1.51 bits per heavy atom. The molecule has 0 saturated carbocycles. The molecule has 0 aliphatic carbocycles. The molecule has 3 aromatic rings. The molecule has 0 heterocycles. The number of nitrogens with one attached hydrogen (secondary N) is 3. The molecule has 1 amide bonds. The molecule has 0 saturated heterocycles. The number of carbonyl (C=O) groups excluding carboxylic acids is 1. The summed E-state index contributed by atoms with van der Waals surface area (Å²) in [6.45, 7) is 2.40. The lowest BCUT2D eigenvalue weighted by molar-refractivity contribution is -0.115. The number of ether oxygens (including phenoxy) is 2. The number of methoxy groups -OCH3 is 1. The summed E-state index contributed by atoms with van der Waals surface area (Å²) in [6, 6.07) is 19.8. The second-order valence-electron chi connectivity index (χ2n) is 7.14. The van der Waals surface area contributed by atoms with Crippen LogP contribution in [0.4, 0.5) is 11.4 Å². The zero-order valence-electron chi connectivity index (χ0n) is 19.1. The highest BCUT2D eigenvalue weighted by molar-refractivity contribution is 7.92. The molecule has 0 unspecified atom stereocenters. The molecule has 0 aliphatic rings. The van der Waals surface area contributed by atoms with Crippen molar-refractivity contribution in [2.45, 2.75) is 11.8 Å². The highest BCUT2D eigenvalue weighted by Gasteiger charge is 2.14.